The molecule has 0 aromatic rings. The molecule has 0 bridgehead atoms. The molecule has 0 aromatic carbocycles. The minimum atomic E-state index is -0.155. The lowest BCUT2D eigenvalue weighted by Crippen LogP contribution is -2.51. The molecule has 3 saturated carbocycles. The molecule has 22 heavy (non-hydrogen) atoms. The maximum absolute atomic E-state index is 12.4. The summed E-state index contributed by atoms with van der Waals surface area (Å²) in [5.74, 6) is 2.96. The molecule has 2 heteroatoms. The predicted molar refractivity (Wildman–Crippen MR) is 87.3 cm³/mol. The van der Waals surface area contributed by atoms with Crippen molar-refractivity contribution in [2.75, 3.05) is 0 Å². The topological polar surface area (TPSA) is 37.3 Å². The van der Waals surface area contributed by atoms with Gasteiger partial charge in [0.15, 0.2) is 0 Å². The molecule has 3 fully saturated rings. The summed E-state index contributed by atoms with van der Waals surface area (Å²) >= 11 is 0. The van der Waals surface area contributed by atoms with Crippen molar-refractivity contribution in [3.8, 4) is 0 Å². The van der Waals surface area contributed by atoms with Gasteiger partial charge in [0, 0.05) is 11.8 Å². The highest BCUT2D eigenvalue weighted by atomic mass is 16.3. The molecule has 0 saturated heterocycles. The molecule has 122 valence electrons. The number of ketones is 1. The van der Waals surface area contributed by atoms with E-state index in [2.05, 4.69) is 26.8 Å². The lowest BCUT2D eigenvalue weighted by molar-refractivity contribution is -0.132. The number of aliphatic hydroxyl groups is 1. The van der Waals surface area contributed by atoms with Crippen LogP contribution in [-0.4, -0.2) is 17.0 Å². The van der Waals surface area contributed by atoms with E-state index in [0.717, 1.165) is 44.4 Å². The molecule has 4 rings (SSSR count). The summed E-state index contributed by atoms with van der Waals surface area (Å²) in [6, 6.07) is 0. The number of rotatable bonds is 0. The number of fused-ring (bicyclic) bond motifs is 5. The van der Waals surface area contributed by atoms with Crippen LogP contribution < -0.4 is 0 Å². The zero-order chi connectivity index (χ0) is 15.7. The van der Waals surface area contributed by atoms with Gasteiger partial charge >= 0.3 is 0 Å². The third-order valence-corrected chi connectivity index (χ3v) is 8.17. The normalized spacial score (nSPS) is 54.3. The molecule has 0 radical (unpaired) electrons. The average Bonchev–Trinajstić information content (AvgIpc) is 2.77. The number of hydrogen-bond donors (Lipinski definition) is 1. The fourth-order valence-electron chi connectivity index (χ4n) is 6.76. The quantitative estimate of drug-likeness (QED) is 0.683. The van der Waals surface area contributed by atoms with Gasteiger partial charge in [-0.1, -0.05) is 32.4 Å². The second-order valence-electron chi connectivity index (χ2n) is 9.13. The smallest absolute Gasteiger partial charge is 0.139 e. The van der Waals surface area contributed by atoms with E-state index in [4.69, 9.17) is 0 Å². The first-order valence-electron chi connectivity index (χ1n) is 9.27. The van der Waals surface area contributed by atoms with Crippen LogP contribution in [0.5, 0.6) is 0 Å². The minimum Gasteiger partial charge on any atom is -0.393 e. The molecule has 4 aliphatic rings. The Morgan fingerprint density at radius 1 is 1.18 bits per heavy atom. The van der Waals surface area contributed by atoms with Gasteiger partial charge in [-0.2, -0.15) is 0 Å². The Bertz CT molecular complexity index is 536. The van der Waals surface area contributed by atoms with Gasteiger partial charge in [0.25, 0.3) is 0 Å². The molecule has 2 nitrogen and oxygen atoms in total. The molecule has 0 aromatic heterocycles. The molecule has 2 unspecified atom stereocenters. The summed E-state index contributed by atoms with van der Waals surface area (Å²) in [7, 11) is 0. The fourth-order valence-corrected chi connectivity index (χ4v) is 6.76. The van der Waals surface area contributed by atoms with Gasteiger partial charge in [0.1, 0.15) is 5.78 Å². The SMILES string of the molecule is CC1C[C@@]2(C)C(=CC[C@@H]3[C@H]2CC[C@]2(C)C(=O)CC[C@@H]32)CC1O. The van der Waals surface area contributed by atoms with E-state index in [1.165, 1.54) is 12.0 Å². The number of carbonyl (C=O) groups is 1. The van der Waals surface area contributed by atoms with Gasteiger partial charge in [-0.25, -0.2) is 0 Å². The number of aliphatic hydroxyl groups excluding tert-OH is 1. The van der Waals surface area contributed by atoms with Gasteiger partial charge in [0.2, 0.25) is 0 Å². The predicted octanol–water partition coefficient (Wildman–Crippen LogP) is 4.13. The molecule has 0 aliphatic heterocycles. The third kappa shape index (κ3) is 1.79. The van der Waals surface area contributed by atoms with Crippen molar-refractivity contribution >= 4 is 5.78 Å². The third-order valence-electron chi connectivity index (χ3n) is 8.17. The number of allylic oxidation sites excluding steroid dienone is 1. The standard InChI is InChI=1S/C20H30O2/c1-12-11-20(3)13(10-17(12)21)4-5-14-15-6-7-18(22)19(15,2)9-8-16(14)20/h4,12,14-17,21H,5-11H2,1-3H3/t12?,14-,15-,16+,17?,19-,20-/m0/s1. The summed E-state index contributed by atoms with van der Waals surface area (Å²) in [5, 5.41) is 10.3. The first-order chi connectivity index (χ1) is 10.4. The zero-order valence-electron chi connectivity index (χ0n) is 14.3. The minimum absolute atomic E-state index is 0.0251. The van der Waals surface area contributed by atoms with E-state index >= 15 is 0 Å². The average molecular weight is 302 g/mol. The van der Waals surface area contributed by atoms with E-state index < -0.39 is 0 Å². The van der Waals surface area contributed by atoms with Crippen molar-refractivity contribution in [1.29, 1.82) is 0 Å². The van der Waals surface area contributed by atoms with E-state index in [0.29, 0.717) is 23.5 Å². The van der Waals surface area contributed by atoms with Crippen LogP contribution >= 0.6 is 0 Å². The van der Waals surface area contributed by atoms with Crippen molar-refractivity contribution in [2.24, 2.45) is 34.5 Å². The van der Waals surface area contributed by atoms with Crippen molar-refractivity contribution in [1.82, 2.24) is 0 Å². The molecular weight excluding hydrogens is 272 g/mol. The summed E-state index contributed by atoms with van der Waals surface area (Å²) in [5.41, 5.74) is 1.77. The number of carbonyl (C=O) groups excluding carboxylic acids is 1. The van der Waals surface area contributed by atoms with Crippen LogP contribution in [0.2, 0.25) is 0 Å². The van der Waals surface area contributed by atoms with Crippen LogP contribution in [-0.2, 0) is 4.79 Å². The molecule has 1 N–H and O–H groups in total. The fraction of sp³-hybridized carbons (Fsp3) is 0.850. The molecule has 7 atom stereocenters. The lowest BCUT2D eigenvalue weighted by atomic mass is 9.47. The second-order valence-corrected chi connectivity index (χ2v) is 9.13. The Morgan fingerprint density at radius 2 is 1.91 bits per heavy atom. The van der Waals surface area contributed by atoms with Gasteiger partial charge in [-0.3, -0.25) is 4.79 Å². The Morgan fingerprint density at radius 3 is 2.68 bits per heavy atom. The molecule has 0 amide bonds. The molecule has 0 heterocycles. The van der Waals surface area contributed by atoms with Crippen LogP contribution in [0.3, 0.4) is 0 Å². The highest BCUT2D eigenvalue weighted by molar-refractivity contribution is 5.87. The summed E-state index contributed by atoms with van der Waals surface area (Å²) in [6.45, 7) is 6.91. The zero-order valence-corrected chi connectivity index (χ0v) is 14.3. The van der Waals surface area contributed by atoms with E-state index in [-0.39, 0.29) is 16.9 Å². The number of hydrogen-bond acceptors (Lipinski definition) is 2. The Balaban J connectivity index is 1.70. The van der Waals surface area contributed by atoms with E-state index in [9.17, 15) is 9.90 Å². The van der Waals surface area contributed by atoms with E-state index in [1.807, 2.05) is 0 Å². The Hall–Kier alpha value is -0.630. The number of Topliss-reactive ketones (excluding diaryl/α,β-unsaturated/α-hetero) is 1. The molecule has 4 aliphatic carbocycles. The highest BCUT2D eigenvalue weighted by Gasteiger charge is 2.59. The van der Waals surface area contributed by atoms with Crippen LogP contribution in [0.4, 0.5) is 0 Å². The van der Waals surface area contributed by atoms with Crippen molar-refractivity contribution < 1.29 is 9.90 Å². The van der Waals surface area contributed by atoms with Crippen LogP contribution in [0.1, 0.15) is 65.7 Å². The van der Waals surface area contributed by atoms with Crippen LogP contribution in [0.25, 0.3) is 0 Å². The lowest BCUT2D eigenvalue weighted by Gasteiger charge is -2.57. The molecular formula is C20H30O2. The second kappa shape index (κ2) is 4.69. The van der Waals surface area contributed by atoms with Crippen LogP contribution in [0, 0.1) is 34.5 Å². The van der Waals surface area contributed by atoms with Crippen LogP contribution in [0.15, 0.2) is 11.6 Å². The largest absolute Gasteiger partial charge is 0.393 e. The Kier molecular flexibility index (Phi) is 3.18. The van der Waals surface area contributed by atoms with E-state index in [1.54, 1.807) is 0 Å². The Labute approximate surface area is 134 Å². The highest BCUT2D eigenvalue weighted by Crippen LogP contribution is 2.64. The van der Waals surface area contributed by atoms with Gasteiger partial charge < -0.3 is 5.11 Å². The summed E-state index contributed by atoms with van der Waals surface area (Å²) < 4.78 is 0. The monoisotopic (exact) mass is 302 g/mol. The molecule has 0 spiro atoms. The van der Waals surface area contributed by atoms with Gasteiger partial charge in [-0.15, -0.1) is 0 Å². The van der Waals surface area contributed by atoms with Gasteiger partial charge in [-0.05, 0) is 67.6 Å². The van der Waals surface area contributed by atoms with Crippen molar-refractivity contribution in [3.05, 3.63) is 11.6 Å². The van der Waals surface area contributed by atoms with Gasteiger partial charge in [0.05, 0.1) is 6.10 Å². The van der Waals surface area contributed by atoms with Crippen molar-refractivity contribution in [2.45, 2.75) is 71.8 Å². The van der Waals surface area contributed by atoms with Crippen molar-refractivity contribution in [3.63, 3.8) is 0 Å². The first kappa shape index (κ1) is 14.9. The maximum Gasteiger partial charge on any atom is 0.139 e. The first-order valence-corrected chi connectivity index (χ1v) is 9.27. The maximum atomic E-state index is 12.4. The summed E-state index contributed by atoms with van der Waals surface area (Å²) in [6.07, 6.45) is 9.67. The summed E-state index contributed by atoms with van der Waals surface area (Å²) in [4.78, 5) is 12.4.